The molecule has 5 aliphatic rings. The maximum atomic E-state index is 14.0. The van der Waals surface area contributed by atoms with Crippen molar-refractivity contribution in [1.82, 2.24) is 19.8 Å². The zero-order valence-corrected chi connectivity index (χ0v) is 28.0. The quantitative estimate of drug-likeness (QED) is 0.373. The molecular weight excluding hydrogens is 588 g/mol. The summed E-state index contributed by atoms with van der Waals surface area (Å²) < 4.78 is 18.1. The molecule has 0 aromatic carbocycles. The molecule has 5 atom stereocenters. The number of hydrogen-bond donors (Lipinski definition) is 1. The zero-order valence-electron chi connectivity index (χ0n) is 28.0. The molecule has 1 amide bonds. The van der Waals surface area contributed by atoms with Gasteiger partial charge in [0.05, 0.1) is 36.4 Å². The molecule has 3 saturated heterocycles. The Labute approximate surface area is 272 Å². The Morgan fingerprint density at radius 2 is 1.78 bits per heavy atom. The van der Waals surface area contributed by atoms with E-state index in [1.165, 1.54) is 0 Å². The molecule has 252 valence electrons. The second-order valence-electron chi connectivity index (χ2n) is 14.8. The van der Waals surface area contributed by atoms with Crippen molar-refractivity contribution in [2.45, 2.75) is 115 Å². The summed E-state index contributed by atoms with van der Waals surface area (Å²) in [7, 11) is 2.11. The predicted molar refractivity (Wildman–Crippen MR) is 172 cm³/mol. The normalized spacial score (nSPS) is 30.8. The minimum Gasteiger partial charge on any atom is -0.473 e. The highest BCUT2D eigenvalue weighted by Crippen LogP contribution is 2.45. The molecule has 3 aliphatic heterocycles. The molecule has 1 spiro atoms. The van der Waals surface area contributed by atoms with E-state index in [0.717, 1.165) is 38.6 Å². The molecule has 0 radical (unpaired) electrons. The number of fused-ring (bicyclic) bond motifs is 2. The maximum absolute atomic E-state index is 14.0. The van der Waals surface area contributed by atoms with Crippen LogP contribution in [0.15, 0.2) is 11.6 Å². The van der Waals surface area contributed by atoms with E-state index in [2.05, 4.69) is 23.8 Å². The van der Waals surface area contributed by atoms with Crippen LogP contribution in [0.4, 0.5) is 10.6 Å². The van der Waals surface area contributed by atoms with E-state index in [9.17, 15) is 14.4 Å². The first-order chi connectivity index (χ1) is 21.9. The van der Waals surface area contributed by atoms with Crippen LogP contribution in [0.25, 0.3) is 5.70 Å². The molecule has 2 N–H and O–H groups in total. The lowest BCUT2D eigenvalue weighted by Gasteiger charge is -2.49. The first kappa shape index (κ1) is 32.7. The second kappa shape index (κ2) is 12.7. The monoisotopic (exact) mass is 638 g/mol. The standard InChI is InChI=1S/C34H50N6O6/c1-21(25-11-9-15-38(25)5)45-28-16-27(39-17-22-19-44-20-23(18-39)40(22)32(43)46-33(2,3)4)36-31(37-28)29(35)24-10-8-14-34(30(24)42)13-7-6-12-26(34)41/h16,21-23,25H,6-15,17-20,35H2,1-5H3/t21-,22?,23?,25-,34+/m0/s1. The number of piperazine rings is 1. The lowest BCUT2D eigenvalue weighted by Crippen LogP contribution is -2.66. The van der Waals surface area contributed by atoms with Gasteiger partial charge >= 0.3 is 6.09 Å². The molecule has 2 bridgehead atoms. The molecule has 6 rings (SSSR count). The van der Waals surface area contributed by atoms with Crippen LogP contribution in [0, 0.1) is 5.41 Å². The molecule has 4 heterocycles. The Balaban J connectivity index is 1.34. The summed E-state index contributed by atoms with van der Waals surface area (Å²) >= 11 is 0. The topological polar surface area (TPSA) is 140 Å². The highest BCUT2D eigenvalue weighted by Gasteiger charge is 2.50. The minimum absolute atomic E-state index is 0.0403. The van der Waals surface area contributed by atoms with Crippen molar-refractivity contribution < 1.29 is 28.6 Å². The molecular formula is C34H50N6O6. The molecule has 2 unspecified atom stereocenters. The largest absolute Gasteiger partial charge is 0.473 e. The van der Waals surface area contributed by atoms with Gasteiger partial charge in [0, 0.05) is 37.2 Å². The van der Waals surface area contributed by atoms with Crippen LogP contribution in [0.3, 0.4) is 0 Å². The van der Waals surface area contributed by atoms with E-state index < -0.39 is 11.0 Å². The summed E-state index contributed by atoms with van der Waals surface area (Å²) in [6.45, 7) is 10.4. The fourth-order valence-corrected chi connectivity index (χ4v) is 8.09. The number of likely N-dealkylation sites (N-methyl/N-ethyl adjacent to an activating group) is 1. The fourth-order valence-electron chi connectivity index (χ4n) is 8.09. The zero-order chi connectivity index (χ0) is 32.8. The number of rotatable bonds is 5. The van der Waals surface area contributed by atoms with Crippen molar-refractivity contribution >= 4 is 29.2 Å². The number of carbonyl (C=O) groups is 3. The van der Waals surface area contributed by atoms with E-state index in [-0.39, 0.29) is 53.4 Å². The Bertz CT molecular complexity index is 1370. The van der Waals surface area contributed by atoms with Gasteiger partial charge in [-0.3, -0.25) is 19.4 Å². The molecule has 2 saturated carbocycles. The molecule has 5 fully saturated rings. The lowest BCUT2D eigenvalue weighted by molar-refractivity contribution is -0.143. The number of aromatic nitrogens is 2. The third-order valence-corrected chi connectivity index (χ3v) is 10.4. The van der Waals surface area contributed by atoms with Crippen molar-refractivity contribution in [1.29, 1.82) is 0 Å². The van der Waals surface area contributed by atoms with Gasteiger partial charge < -0.3 is 24.8 Å². The average molecular weight is 639 g/mol. The molecule has 1 aromatic heterocycles. The van der Waals surface area contributed by atoms with Crippen molar-refractivity contribution in [2.24, 2.45) is 11.1 Å². The van der Waals surface area contributed by atoms with Crippen molar-refractivity contribution in [3.8, 4) is 5.88 Å². The van der Waals surface area contributed by atoms with Gasteiger partial charge in [0.15, 0.2) is 11.6 Å². The van der Waals surface area contributed by atoms with Gasteiger partial charge in [-0.1, -0.05) is 6.42 Å². The van der Waals surface area contributed by atoms with E-state index in [1.807, 2.05) is 26.8 Å². The number of hydrogen-bond acceptors (Lipinski definition) is 11. The van der Waals surface area contributed by atoms with Gasteiger partial charge in [-0.2, -0.15) is 4.98 Å². The first-order valence-corrected chi connectivity index (χ1v) is 17.0. The van der Waals surface area contributed by atoms with Crippen molar-refractivity contribution in [3.05, 3.63) is 17.5 Å². The summed E-state index contributed by atoms with van der Waals surface area (Å²) in [6, 6.07) is 1.62. The molecule has 1 aromatic rings. The fraction of sp³-hybridized carbons (Fsp3) is 0.735. The second-order valence-corrected chi connectivity index (χ2v) is 14.8. The summed E-state index contributed by atoms with van der Waals surface area (Å²) in [6.07, 6.45) is 6.18. The summed E-state index contributed by atoms with van der Waals surface area (Å²) in [5.41, 5.74) is 5.90. The minimum atomic E-state index is -0.968. The van der Waals surface area contributed by atoms with Crippen LogP contribution < -0.4 is 15.4 Å². The van der Waals surface area contributed by atoms with Gasteiger partial charge in [0.25, 0.3) is 0 Å². The Morgan fingerprint density at radius 3 is 2.43 bits per heavy atom. The summed E-state index contributed by atoms with van der Waals surface area (Å²) in [5.74, 6) is 1.12. The number of nitrogens with two attached hydrogens (primary N) is 1. The van der Waals surface area contributed by atoms with Gasteiger partial charge in [-0.25, -0.2) is 9.78 Å². The first-order valence-electron chi connectivity index (χ1n) is 17.0. The third kappa shape index (κ3) is 6.34. The number of carbonyl (C=O) groups excluding carboxylic acids is 3. The molecule has 12 nitrogen and oxygen atoms in total. The number of ketones is 2. The number of morpholine rings is 1. The number of nitrogens with zero attached hydrogens (tertiary/aromatic N) is 5. The van der Waals surface area contributed by atoms with E-state index in [4.69, 9.17) is 29.9 Å². The van der Waals surface area contributed by atoms with Crippen LogP contribution >= 0.6 is 0 Å². The third-order valence-electron chi connectivity index (χ3n) is 10.4. The van der Waals surface area contributed by atoms with Gasteiger partial charge in [0.2, 0.25) is 5.88 Å². The number of anilines is 1. The Hall–Kier alpha value is -3.25. The van der Waals surface area contributed by atoms with E-state index >= 15 is 0 Å². The SMILES string of the molecule is C[C@H](Oc1cc(N2CC3COCC(C2)N3C(=O)OC(C)(C)C)nc(C(N)=C2CCC[C@@]3(CCCCC3=O)C2=O)n1)[C@@H]1CCCN1C. The van der Waals surface area contributed by atoms with E-state index in [1.54, 1.807) is 4.90 Å². The van der Waals surface area contributed by atoms with Gasteiger partial charge in [-0.05, 0) is 86.2 Å². The van der Waals surface area contributed by atoms with Crippen molar-refractivity contribution in [2.75, 3.05) is 44.8 Å². The smallest absolute Gasteiger partial charge is 0.411 e. The van der Waals surface area contributed by atoms with Crippen LogP contribution in [0.5, 0.6) is 5.88 Å². The van der Waals surface area contributed by atoms with Crippen LogP contribution in [0.1, 0.15) is 91.3 Å². The Kier molecular flexibility index (Phi) is 9.06. The van der Waals surface area contributed by atoms with Crippen LogP contribution in [-0.2, 0) is 19.1 Å². The molecule has 2 aliphatic carbocycles. The predicted octanol–water partition coefficient (Wildman–Crippen LogP) is 3.71. The number of ether oxygens (including phenoxy) is 3. The van der Waals surface area contributed by atoms with Crippen LogP contribution in [-0.4, -0.2) is 107 Å². The highest BCUT2D eigenvalue weighted by molar-refractivity contribution is 6.17. The number of allylic oxidation sites excluding steroid dienone is 1. The van der Waals surface area contributed by atoms with Crippen LogP contribution in [0.2, 0.25) is 0 Å². The number of likely N-dealkylation sites (tertiary alicyclic amines) is 1. The number of Topliss-reactive ketones (excluding diaryl/α,β-unsaturated/α-hetero) is 2. The molecule has 12 heteroatoms. The lowest BCUT2D eigenvalue weighted by atomic mass is 9.62. The van der Waals surface area contributed by atoms with Gasteiger partial charge in [0.1, 0.15) is 23.3 Å². The number of amides is 1. The average Bonchev–Trinajstić information content (AvgIpc) is 3.43. The van der Waals surface area contributed by atoms with E-state index in [0.29, 0.717) is 69.3 Å². The highest BCUT2D eigenvalue weighted by atomic mass is 16.6. The molecule has 46 heavy (non-hydrogen) atoms. The summed E-state index contributed by atoms with van der Waals surface area (Å²) in [5, 5.41) is 0. The van der Waals surface area contributed by atoms with Gasteiger partial charge in [-0.15, -0.1) is 0 Å². The summed E-state index contributed by atoms with van der Waals surface area (Å²) in [4.78, 5) is 56.3. The Morgan fingerprint density at radius 1 is 1.07 bits per heavy atom. The van der Waals surface area contributed by atoms with Crippen molar-refractivity contribution in [3.63, 3.8) is 0 Å². The maximum Gasteiger partial charge on any atom is 0.411 e.